The summed E-state index contributed by atoms with van der Waals surface area (Å²) < 4.78 is 7.96. The highest BCUT2D eigenvalue weighted by molar-refractivity contribution is 5.96. The molecule has 0 atom stereocenters. The molecule has 2 amide bonds. The minimum atomic E-state index is -0.282. The maximum Gasteiger partial charge on any atom is 0.269 e. The number of rotatable bonds is 8. The zero-order chi connectivity index (χ0) is 28.3. The summed E-state index contributed by atoms with van der Waals surface area (Å²) in [7, 11) is 3.50. The molecule has 4 heterocycles. The molecule has 0 saturated heterocycles. The van der Waals surface area contributed by atoms with Crippen LogP contribution in [0.25, 0.3) is 11.0 Å². The molecule has 6 rings (SSSR count). The third-order valence-corrected chi connectivity index (χ3v) is 7.19. The normalized spacial score (nSPS) is 12.3. The number of nitrogens with zero attached hydrogens (tertiary/aromatic N) is 5. The fourth-order valence-electron chi connectivity index (χ4n) is 5.00. The number of fused-ring (bicyclic) bond motifs is 2. The lowest BCUT2D eigenvalue weighted by molar-refractivity contribution is -0.118. The van der Waals surface area contributed by atoms with E-state index in [1.807, 2.05) is 59.0 Å². The Morgan fingerprint density at radius 2 is 1.80 bits per heavy atom. The van der Waals surface area contributed by atoms with Gasteiger partial charge in [-0.05, 0) is 66.4 Å². The van der Waals surface area contributed by atoms with E-state index in [1.54, 1.807) is 31.6 Å². The monoisotopic (exact) mass is 547 g/mol. The first-order valence-corrected chi connectivity index (χ1v) is 13.4. The van der Waals surface area contributed by atoms with Crippen LogP contribution in [0.4, 0.5) is 17.3 Å². The first-order valence-electron chi connectivity index (χ1n) is 13.4. The van der Waals surface area contributed by atoms with Crippen LogP contribution in [0, 0.1) is 0 Å². The average Bonchev–Trinajstić information content (AvgIpc) is 3.56. The van der Waals surface area contributed by atoms with E-state index < -0.39 is 0 Å². The largest absolute Gasteiger partial charge is 0.457 e. The van der Waals surface area contributed by atoms with Crippen LogP contribution in [0.3, 0.4) is 0 Å². The lowest BCUT2D eigenvalue weighted by Crippen LogP contribution is -2.29. The molecule has 1 aliphatic rings. The van der Waals surface area contributed by atoms with Gasteiger partial charge in [-0.2, -0.15) is 0 Å². The summed E-state index contributed by atoms with van der Waals surface area (Å²) in [6, 6.07) is 18.9. The molecule has 206 valence electrons. The highest BCUT2D eigenvalue weighted by atomic mass is 16.5. The summed E-state index contributed by atoms with van der Waals surface area (Å²) in [4.78, 5) is 39.8. The Balaban J connectivity index is 1.18. The van der Waals surface area contributed by atoms with Gasteiger partial charge < -0.3 is 24.8 Å². The molecule has 5 aromatic rings. The second kappa shape index (κ2) is 11.1. The van der Waals surface area contributed by atoms with Gasteiger partial charge in [0, 0.05) is 69.2 Å². The van der Waals surface area contributed by atoms with Crippen LogP contribution in [0.5, 0.6) is 11.5 Å². The zero-order valence-electron chi connectivity index (χ0n) is 22.8. The molecule has 10 heteroatoms. The standard InChI is InChI=1S/C31H29N7O3/c1-32-30(40)26-19-24(11-15-34-26)41-23-6-7-27-25(18-23)36-31(37(27)2)35-22-5-4-21-12-16-38(28(21)17-22)29(39)8-3-20-9-13-33-14-10-20/h4-7,9-11,13-15,17-19H,3,8,12,16H2,1-2H3,(H,32,40)(H,35,36). The van der Waals surface area contributed by atoms with Gasteiger partial charge in [-0.1, -0.05) is 6.07 Å². The maximum absolute atomic E-state index is 13.1. The lowest BCUT2D eigenvalue weighted by Gasteiger charge is -2.18. The summed E-state index contributed by atoms with van der Waals surface area (Å²) in [6.07, 6.45) is 7.02. The van der Waals surface area contributed by atoms with Gasteiger partial charge in [-0.3, -0.25) is 19.6 Å². The van der Waals surface area contributed by atoms with E-state index in [0.717, 1.165) is 40.0 Å². The molecule has 41 heavy (non-hydrogen) atoms. The molecule has 0 fully saturated rings. The number of anilines is 3. The number of benzene rings is 2. The predicted molar refractivity (Wildman–Crippen MR) is 157 cm³/mol. The second-order valence-electron chi connectivity index (χ2n) is 9.82. The Labute approximate surface area is 237 Å². The van der Waals surface area contributed by atoms with Crippen LogP contribution in [-0.4, -0.2) is 44.9 Å². The summed E-state index contributed by atoms with van der Waals surface area (Å²) >= 11 is 0. The highest BCUT2D eigenvalue weighted by Crippen LogP contribution is 2.33. The second-order valence-corrected chi connectivity index (χ2v) is 9.82. The molecule has 0 radical (unpaired) electrons. The molecule has 1 aliphatic heterocycles. The smallest absolute Gasteiger partial charge is 0.269 e. The number of ether oxygens (including phenoxy) is 1. The van der Waals surface area contributed by atoms with Crippen molar-refractivity contribution < 1.29 is 14.3 Å². The van der Waals surface area contributed by atoms with Gasteiger partial charge in [0.05, 0.1) is 11.0 Å². The molecular weight excluding hydrogens is 518 g/mol. The number of nitrogens with one attached hydrogen (secondary N) is 2. The molecule has 0 bridgehead atoms. The number of hydrogen-bond donors (Lipinski definition) is 2. The van der Waals surface area contributed by atoms with Crippen molar-refractivity contribution in [3.8, 4) is 11.5 Å². The summed E-state index contributed by atoms with van der Waals surface area (Å²) in [5.41, 5.74) is 6.02. The Morgan fingerprint density at radius 1 is 0.976 bits per heavy atom. The molecule has 2 N–H and O–H groups in total. The Kier molecular flexibility index (Phi) is 7.03. The zero-order valence-corrected chi connectivity index (χ0v) is 22.8. The molecule has 10 nitrogen and oxygen atoms in total. The van der Waals surface area contributed by atoms with Crippen molar-refractivity contribution in [1.82, 2.24) is 24.8 Å². The maximum atomic E-state index is 13.1. The van der Waals surface area contributed by atoms with Gasteiger partial charge in [-0.25, -0.2) is 4.98 Å². The van der Waals surface area contributed by atoms with Crippen molar-refractivity contribution >= 4 is 40.2 Å². The SMILES string of the molecule is CNC(=O)c1cc(Oc2ccc3c(c2)nc(Nc2ccc4c(c2)N(C(=O)CCc2ccncc2)CC4)n3C)ccn1. The Hall–Kier alpha value is -5.25. The number of imidazole rings is 1. The minimum Gasteiger partial charge on any atom is -0.457 e. The molecular formula is C31H29N7O3. The van der Waals surface area contributed by atoms with Crippen LogP contribution >= 0.6 is 0 Å². The molecule has 3 aromatic heterocycles. The Morgan fingerprint density at radius 3 is 2.63 bits per heavy atom. The van der Waals surface area contributed by atoms with Crippen molar-refractivity contribution in [1.29, 1.82) is 0 Å². The van der Waals surface area contributed by atoms with E-state index in [9.17, 15) is 9.59 Å². The number of aromatic nitrogens is 4. The van der Waals surface area contributed by atoms with E-state index in [4.69, 9.17) is 9.72 Å². The number of pyridine rings is 2. The van der Waals surface area contributed by atoms with E-state index in [0.29, 0.717) is 36.8 Å². The molecule has 2 aromatic carbocycles. The van der Waals surface area contributed by atoms with Crippen molar-refractivity contribution in [3.05, 3.63) is 96.1 Å². The number of carbonyl (C=O) groups is 2. The van der Waals surface area contributed by atoms with E-state index in [-0.39, 0.29) is 17.5 Å². The van der Waals surface area contributed by atoms with Gasteiger partial charge in [0.15, 0.2) is 0 Å². The highest BCUT2D eigenvalue weighted by Gasteiger charge is 2.25. The first kappa shape index (κ1) is 26.0. The van der Waals surface area contributed by atoms with E-state index >= 15 is 0 Å². The van der Waals surface area contributed by atoms with Gasteiger partial charge in [0.1, 0.15) is 17.2 Å². The number of carbonyl (C=O) groups excluding carboxylic acids is 2. The number of amides is 2. The third-order valence-electron chi connectivity index (χ3n) is 7.19. The molecule has 0 spiro atoms. The van der Waals surface area contributed by atoms with Gasteiger partial charge in [0.25, 0.3) is 5.91 Å². The van der Waals surface area contributed by atoms with Crippen molar-refractivity contribution in [2.75, 3.05) is 23.8 Å². The summed E-state index contributed by atoms with van der Waals surface area (Å²) in [5.74, 6) is 1.59. The van der Waals surface area contributed by atoms with Gasteiger partial charge >= 0.3 is 0 Å². The van der Waals surface area contributed by atoms with Crippen LogP contribution in [0.2, 0.25) is 0 Å². The molecule has 0 aliphatic carbocycles. The predicted octanol–water partition coefficient (Wildman–Crippen LogP) is 4.78. The fourth-order valence-corrected chi connectivity index (χ4v) is 5.00. The summed E-state index contributed by atoms with van der Waals surface area (Å²) in [5, 5.41) is 5.98. The van der Waals surface area contributed by atoms with E-state index in [2.05, 4.69) is 26.7 Å². The van der Waals surface area contributed by atoms with Gasteiger partial charge in [-0.15, -0.1) is 0 Å². The lowest BCUT2D eigenvalue weighted by atomic mass is 10.1. The summed E-state index contributed by atoms with van der Waals surface area (Å²) in [6.45, 7) is 0.686. The van der Waals surface area contributed by atoms with Crippen LogP contribution in [0.15, 0.2) is 79.3 Å². The Bertz CT molecular complexity index is 1750. The number of aryl methyl sites for hydroxylation is 2. The fraction of sp³-hybridized carbons (Fsp3) is 0.194. The van der Waals surface area contributed by atoms with Crippen molar-refractivity contribution in [2.45, 2.75) is 19.3 Å². The molecule has 0 saturated carbocycles. The van der Waals surface area contributed by atoms with Crippen LogP contribution < -0.4 is 20.3 Å². The quantitative estimate of drug-likeness (QED) is 0.287. The van der Waals surface area contributed by atoms with Crippen molar-refractivity contribution in [2.24, 2.45) is 7.05 Å². The average molecular weight is 548 g/mol. The number of hydrogen-bond acceptors (Lipinski definition) is 7. The van der Waals surface area contributed by atoms with Gasteiger partial charge in [0.2, 0.25) is 11.9 Å². The van der Waals surface area contributed by atoms with E-state index in [1.165, 1.54) is 6.20 Å². The first-order chi connectivity index (χ1) is 20.0. The minimum absolute atomic E-state index is 0.115. The van der Waals surface area contributed by atoms with Crippen LogP contribution in [0.1, 0.15) is 28.0 Å². The topological polar surface area (TPSA) is 114 Å². The third kappa shape index (κ3) is 5.44. The van der Waals surface area contributed by atoms with Crippen molar-refractivity contribution in [3.63, 3.8) is 0 Å². The van der Waals surface area contributed by atoms with Crippen LogP contribution in [-0.2, 0) is 24.7 Å². The molecule has 0 unspecified atom stereocenters.